The van der Waals surface area contributed by atoms with E-state index in [1.54, 1.807) is 12.3 Å². The lowest BCUT2D eigenvalue weighted by Gasteiger charge is -2.37. The van der Waals surface area contributed by atoms with Crippen LogP contribution in [0.5, 0.6) is 0 Å². The average molecular weight is 321 g/mol. The van der Waals surface area contributed by atoms with E-state index in [0.717, 1.165) is 24.9 Å². The minimum Gasteiger partial charge on any atom is -0.396 e. The second-order valence-electron chi connectivity index (χ2n) is 6.89. The van der Waals surface area contributed by atoms with Gasteiger partial charge in [-0.05, 0) is 37.7 Å². The third-order valence-electron chi connectivity index (χ3n) is 5.52. The Balaban J connectivity index is 1.65. The third kappa shape index (κ3) is 2.56. The normalized spacial score (nSPS) is 20.8. The lowest BCUT2D eigenvalue weighted by atomic mass is 9.78. The molecule has 24 heavy (non-hydrogen) atoms. The lowest BCUT2D eigenvalue weighted by molar-refractivity contribution is 0.0627. The second-order valence-corrected chi connectivity index (χ2v) is 6.89. The van der Waals surface area contributed by atoms with E-state index in [9.17, 15) is 4.79 Å². The Morgan fingerprint density at radius 3 is 2.58 bits per heavy atom. The van der Waals surface area contributed by atoms with Gasteiger partial charge in [-0.2, -0.15) is 0 Å². The molecule has 0 spiro atoms. The van der Waals surface area contributed by atoms with Gasteiger partial charge in [0.25, 0.3) is 5.91 Å². The van der Waals surface area contributed by atoms with Gasteiger partial charge in [0, 0.05) is 24.3 Å². The van der Waals surface area contributed by atoms with E-state index in [1.807, 2.05) is 30.3 Å². The first-order valence-corrected chi connectivity index (χ1v) is 8.86. The van der Waals surface area contributed by atoms with Crippen LogP contribution in [0.2, 0.25) is 0 Å². The van der Waals surface area contributed by atoms with Crippen molar-refractivity contribution in [2.24, 2.45) is 5.92 Å². The molecule has 1 atom stereocenters. The summed E-state index contributed by atoms with van der Waals surface area (Å²) < 4.78 is 0. The van der Waals surface area contributed by atoms with Gasteiger partial charge in [0.05, 0.1) is 16.9 Å². The van der Waals surface area contributed by atoms with E-state index >= 15 is 0 Å². The molecule has 0 radical (unpaired) electrons. The van der Waals surface area contributed by atoms with Gasteiger partial charge < -0.3 is 10.6 Å². The average Bonchev–Trinajstić information content (AvgIpc) is 3.03. The standard InChI is InChI=1S/C20H23N3O/c21-18-16(11-12-22-19(18)15-6-2-1-3-7-15)20(24)23-13-5-10-17(23)14-8-4-9-14/h1-3,6-7,11-12,14,17H,4-5,8-10,13,21H2. The maximum absolute atomic E-state index is 13.1. The van der Waals surface area contributed by atoms with Crippen molar-refractivity contribution in [3.8, 4) is 11.3 Å². The number of aromatic nitrogens is 1. The van der Waals surface area contributed by atoms with Gasteiger partial charge in [-0.3, -0.25) is 9.78 Å². The monoisotopic (exact) mass is 321 g/mol. The number of nitrogens with two attached hydrogens (primary N) is 1. The molecule has 1 aliphatic heterocycles. The van der Waals surface area contributed by atoms with Crippen molar-refractivity contribution >= 4 is 11.6 Å². The fraction of sp³-hybridized carbons (Fsp3) is 0.400. The number of benzene rings is 1. The third-order valence-corrected chi connectivity index (χ3v) is 5.52. The number of hydrogen-bond acceptors (Lipinski definition) is 3. The SMILES string of the molecule is Nc1c(C(=O)N2CCCC2C2CCC2)ccnc1-c1ccccc1. The molecular formula is C20H23N3O. The summed E-state index contributed by atoms with van der Waals surface area (Å²) in [4.78, 5) is 19.6. The number of amides is 1. The van der Waals surface area contributed by atoms with Crippen molar-refractivity contribution < 1.29 is 4.79 Å². The van der Waals surface area contributed by atoms with E-state index in [-0.39, 0.29) is 5.91 Å². The van der Waals surface area contributed by atoms with Gasteiger partial charge in [0.15, 0.2) is 0 Å². The smallest absolute Gasteiger partial charge is 0.256 e. The summed E-state index contributed by atoms with van der Waals surface area (Å²) in [5.41, 5.74) is 9.07. The van der Waals surface area contributed by atoms with Crippen LogP contribution in [0.25, 0.3) is 11.3 Å². The molecule has 2 heterocycles. The van der Waals surface area contributed by atoms with Crippen LogP contribution in [0.3, 0.4) is 0 Å². The van der Waals surface area contributed by atoms with Crippen LogP contribution < -0.4 is 5.73 Å². The van der Waals surface area contributed by atoms with Gasteiger partial charge in [0.2, 0.25) is 0 Å². The number of rotatable bonds is 3. The molecule has 1 aromatic carbocycles. The fourth-order valence-corrected chi connectivity index (χ4v) is 4.00. The highest BCUT2D eigenvalue weighted by Crippen LogP contribution is 2.38. The van der Waals surface area contributed by atoms with Crippen molar-refractivity contribution in [3.05, 3.63) is 48.2 Å². The summed E-state index contributed by atoms with van der Waals surface area (Å²) in [5, 5.41) is 0. The molecule has 0 bridgehead atoms. The summed E-state index contributed by atoms with van der Waals surface area (Å²) in [7, 11) is 0. The summed E-state index contributed by atoms with van der Waals surface area (Å²) in [6.45, 7) is 0.850. The summed E-state index contributed by atoms with van der Waals surface area (Å²) >= 11 is 0. The molecule has 2 aromatic rings. The van der Waals surface area contributed by atoms with E-state index in [4.69, 9.17) is 5.73 Å². The van der Waals surface area contributed by atoms with Crippen molar-refractivity contribution in [1.82, 2.24) is 9.88 Å². The Labute approximate surface area is 142 Å². The maximum atomic E-state index is 13.1. The number of carbonyl (C=O) groups is 1. The Hall–Kier alpha value is -2.36. The predicted octanol–water partition coefficient (Wildman–Crippen LogP) is 3.74. The van der Waals surface area contributed by atoms with Crippen molar-refractivity contribution in [2.45, 2.75) is 38.1 Å². The van der Waals surface area contributed by atoms with E-state index in [2.05, 4.69) is 9.88 Å². The van der Waals surface area contributed by atoms with Crippen LogP contribution in [0.15, 0.2) is 42.6 Å². The summed E-state index contributed by atoms with van der Waals surface area (Å²) in [6.07, 6.45) is 7.75. The highest BCUT2D eigenvalue weighted by Gasteiger charge is 2.38. The first kappa shape index (κ1) is 15.2. The zero-order chi connectivity index (χ0) is 16.5. The van der Waals surface area contributed by atoms with Crippen molar-refractivity contribution in [2.75, 3.05) is 12.3 Å². The minimum atomic E-state index is 0.0708. The predicted molar refractivity (Wildman–Crippen MR) is 95.5 cm³/mol. The molecule has 2 N–H and O–H groups in total. The van der Waals surface area contributed by atoms with Gasteiger partial charge in [0.1, 0.15) is 0 Å². The molecule has 1 saturated carbocycles. The molecule has 2 aliphatic rings. The molecule has 124 valence electrons. The molecule has 1 amide bonds. The van der Waals surface area contributed by atoms with Crippen LogP contribution in [0.1, 0.15) is 42.5 Å². The first-order valence-electron chi connectivity index (χ1n) is 8.86. The highest BCUT2D eigenvalue weighted by atomic mass is 16.2. The lowest BCUT2D eigenvalue weighted by Crippen LogP contribution is -2.42. The zero-order valence-electron chi connectivity index (χ0n) is 13.8. The summed E-state index contributed by atoms with van der Waals surface area (Å²) in [6, 6.07) is 12.0. The van der Waals surface area contributed by atoms with Crippen LogP contribution >= 0.6 is 0 Å². The highest BCUT2D eigenvalue weighted by molar-refractivity contribution is 6.02. The molecule has 1 aliphatic carbocycles. The molecule has 1 aromatic heterocycles. The first-order chi connectivity index (χ1) is 11.8. The largest absolute Gasteiger partial charge is 0.396 e. The van der Waals surface area contributed by atoms with Gasteiger partial charge in [-0.25, -0.2) is 0 Å². The number of anilines is 1. The van der Waals surface area contributed by atoms with E-state index < -0.39 is 0 Å². The number of likely N-dealkylation sites (tertiary alicyclic amines) is 1. The number of pyridine rings is 1. The van der Waals surface area contributed by atoms with Crippen molar-refractivity contribution in [3.63, 3.8) is 0 Å². The molecule has 2 fully saturated rings. The zero-order valence-corrected chi connectivity index (χ0v) is 13.8. The van der Waals surface area contributed by atoms with E-state index in [0.29, 0.717) is 28.9 Å². The van der Waals surface area contributed by atoms with Gasteiger partial charge in [-0.15, -0.1) is 0 Å². The molecule has 1 saturated heterocycles. The van der Waals surface area contributed by atoms with Crippen LogP contribution in [0, 0.1) is 5.92 Å². The molecule has 4 nitrogen and oxygen atoms in total. The van der Waals surface area contributed by atoms with Crippen LogP contribution in [0.4, 0.5) is 5.69 Å². The number of nitrogens with zero attached hydrogens (tertiary/aromatic N) is 2. The molecule has 4 heteroatoms. The van der Waals surface area contributed by atoms with Gasteiger partial charge >= 0.3 is 0 Å². The van der Waals surface area contributed by atoms with E-state index in [1.165, 1.54) is 19.3 Å². The van der Waals surface area contributed by atoms with Gasteiger partial charge in [-0.1, -0.05) is 36.8 Å². The summed E-state index contributed by atoms with van der Waals surface area (Å²) in [5.74, 6) is 0.759. The quantitative estimate of drug-likeness (QED) is 0.937. The number of carbonyl (C=O) groups excluding carboxylic acids is 1. The van der Waals surface area contributed by atoms with Crippen LogP contribution in [-0.4, -0.2) is 28.4 Å². The fourth-order valence-electron chi connectivity index (χ4n) is 4.00. The second kappa shape index (κ2) is 6.27. The Morgan fingerprint density at radius 2 is 1.88 bits per heavy atom. The topological polar surface area (TPSA) is 59.2 Å². The number of hydrogen-bond donors (Lipinski definition) is 1. The maximum Gasteiger partial charge on any atom is 0.256 e. The van der Waals surface area contributed by atoms with Crippen LogP contribution in [-0.2, 0) is 0 Å². The minimum absolute atomic E-state index is 0.0708. The Bertz CT molecular complexity index is 740. The Kier molecular flexibility index (Phi) is 3.97. The number of nitrogen functional groups attached to an aromatic ring is 1. The molecule has 4 rings (SSSR count). The van der Waals surface area contributed by atoms with Crippen molar-refractivity contribution in [1.29, 1.82) is 0 Å². The molecular weight excluding hydrogens is 298 g/mol. The molecule has 1 unspecified atom stereocenters. The Morgan fingerprint density at radius 1 is 1.08 bits per heavy atom.